The molecule has 0 amide bonds. The van der Waals surface area contributed by atoms with E-state index in [4.69, 9.17) is 0 Å². The Balaban J connectivity index is 3.27. The lowest BCUT2D eigenvalue weighted by Crippen LogP contribution is -2.02. The lowest BCUT2D eigenvalue weighted by molar-refractivity contribution is -0.112. The molecule has 0 heterocycles. The zero-order chi connectivity index (χ0) is 12.1. The van der Waals surface area contributed by atoms with Crippen LogP contribution in [0, 0.1) is 5.92 Å². The Morgan fingerprint density at radius 1 is 0.875 bits per heavy atom. The number of carbonyl (C=O) groups is 2. The molecule has 0 spiro atoms. The predicted molar refractivity (Wildman–Crippen MR) is 67.5 cm³/mol. The highest BCUT2D eigenvalue weighted by atomic mass is 16.1. The van der Waals surface area contributed by atoms with Gasteiger partial charge in [-0.2, -0.15) is 0 Å². The van der Waals surface area contributed by atoms with E-state index < -0.39 is 0 Å². The van der Waals surface area contributed by atoms with Gasteiger partial charge in [-0.3, -0.25) is 0 Å². The van der Waals surface area contributed by atoms with E-state index in [-0.39, 0.29) is 5.92 Å². The van der Waals surface area contributed by atoms with Crippen LogP contribution in [0.1, 0.15) is 71.1 Å². The van der Waals surface area contributed by atoms with Crippen molar-refractivity contribution >= 4 is 12.6 Å². The smallest absolute Gasteiger partial charge is 0.123 e. The Morgan fingerprint density at radius 2 is 1.50 bits per heavy atom. The molecule has 2 nitrogen and oxygen atoms in total. The molecule has 0 aromatic carbocycles. The Bertz CT molecular complexity index is 166. The van der Waals surface area contributed by atoms with Crippen molar-refractivity contribution in [1.29, 1.82) is 0 Å². The molecule has 0 aliphatic carbocycles. The molecule has 0 bridgehead atoms. The fourth-order valence-electron chi connectivity index (χ4n) is 1.93. The van der Waals surface area contributed by atoms with Crippen LogP contribution in [0.5, 0.6) is 0 Å². The first-order valence-corrected chi connectivity index (χ1v) is 6.74. The summed E-state index contributed by atoms with van der Waals surface area (Å²) in [6, 6.07) is 0. The highest BCUT2D eigenvalue weighted by Crippen LogP contribution is 2.14. The average molecular weight is 226 g/mol. The molecule has 0 aromatic rings. The third kappa shape index (κ3) is 9.88. The van der Waals surface area contributed by atoms with E-state index in [0.29, 0.717) is 6.42 Å². The molecule has 1 unspecified atom stereocenters. The van der Waals surface area contributed by atoms with Crippen LogP contribution < -0.4 is 0 Å². The van der Waals surface area contributed by atoms with Crippen molar-refractivity contribution in [1.82, 2.24) is 0 Å². The number of carbonyl (C=O) groups excluding carboxylic acids is 2. The van der Waals surface area contributed by atoms with Gasteiger partial charge in [-0.15, -0.1) is 0 Å². The van der Waals surface area contributed by atoms with Crippen LogP contribution in [0.25, 0.3) is 0 Å². The molecule has 0 saturated heterocycles. The molecule has 0 aliphatic rings. The first kappa shape index (κ1) is 15.3. The standard InChI is InChI=1S/C14H26O2/c1-2-3-4-5-6-7-8-10-14(13-16)11-9-12-15/h12-14H,2-11H2,1H3. The van der Waals surface area contributed by atoms with Crippen LogP contribution in [-0.2, 0) is 9.59 Å². The van der Waals surface area contributed by atoms with Crippen LogP contribution in [0.3, 0.4) is 0 Å². The van der Waals surface area contributed by atoms with Gasteiger partial charge in [-0.05, 0) is 12.8 Å². The Kier molecular flexibility index (Phi) is 11.9. The van der Waals surface area contributed by atoms with E-state index >= 15 is 0 Å². The minimum atomic E-state index is 0.112. The summed E-state index contributed by atoms with van der Waals surface area (Å²) in [5.41, 5.74) is 0. The van der Waals surface area contributed by atoms with Crippen LogP contribution in [0.4, 0.5) is 0 Å². The molecule has 2 heteroatoms. The van der Waals surface area contributed by atoms with Crippen LogP contribution in [-0.4, -0.2) is 12.6 Å². The quantitative estimate of drug-likeness (QED) is 0.373. The van der Waals surface area contributed by atoms with Gasteiger partial charge in [0.15, 0.2) is 0 Å². The van der Waals surface area contributed by atoms with E-state index in [1.807, 2.05) is 0 Å². The Hall–Kier alpha value is -0.660. The predicted octanol–water partition coefficient (Wildman–Crippen LogP) is 3.92. The number of aldehydes is 2. The summed E-state index contributed by atoms with van der Waals surface area (Å²) in [5, 5.41) is 0. The maximum Gasteiger partial charge on any atom is 0.123 e. The lowest BCUT2D eigenvalue weighted by atomic mass is 9.97. The highest BCUT2D eigenvalue weighted by Gasteiger charge is 2.05. The fourth-order valence-corrected chi connectivity index (χ4v) is 1.93. The summed E-state index contributed by atoms with van der Waals surface area (Å²) < 4.78 is 0. The molecule has 94 valence electrons. The Labute approximate surface area is 99.8 Å². The monoisotopic (exact) mass is 226 g/mol. The number of hydrogen-bond acceptors (Lipinski definition) is 2. The SMILES string of the molecule is CCCCCCCCCC(C=O)CCC=O. The van der Waals surface area contributed by atoms with Crippen LogP contribution in [0.2, 0.25) is 0 Å². The molecular weight excluding hydrogens is 200 g/mol. The van der Waals surface area contributed by atoms with Crippen molar-refractivity contribution in [3.63, 3.8) is 0 Å². The maximum absolute atomic E-state index is 10.7. The van der Waals surface area contributed by atoms with Gasteiger partial charge in [0, 0.05) is 12.3 Å². The van der Waals surface area contributed by atoms with Gasteiger partial charge < -0.3 is 9.59 Å². The van der Waals surface area contributed by atoms with E-state index in [9.17, 15) is 9.59 Å². The van der Waals surface area contributed by atoms with Crippen molar-refractivity contribution in [3.8, 4) is 0 Å². The minimum absolute atomic E-state index is 0.112. The summed E-state index contributed by atoms with van der Waals surface area (Å²) in [7, 11) is 0. The summed E-state index contributed by atoms with van der Waals surface area (Å²) in [4.78, 5) is 20.9. The molecule has 0 aromatic heterocycles. The molecule has 0 N–H and O–H groups in total. The molecule has 0 fully saturated rings. The van der Waals surface area contributed by atoms with E-state index in [1.54, 1.807) is 0 Å². The molecular formula is C14H26O2. The highest BCUT2D eigenvalue weighted by molar-refractivity contribution is 5.55. The molecule has 0 saturated carbocycles. The second-order valence-electron chi connectivity index (χ2n) is 4.55. The molecule has 0 aliphatic heterocycles. The zero-order valence-corrected chi connectivity index (χ0v) is 10.6. The van der Waals surface area contributed by atoms with Crippen LogP contribution in [0.15, 0.2) is 0 Å². The van der Waals surface area contributed by atoms with Gasteiger partial charge in [0.2, 0.25) is 0 Å². The molecule has 0 radical (unpaired) electrons. The van der Waals surface area contributed by atoms with E-state index in [0.717, 1.165) is 31.8 Å². The van der Waals surface area contributed by atoms with E-state index in [2.05, 4.69) is 6.92 Å². The van der Waals surface area contributed by atoms with Gasteiger partial charge in [0.1, 0.15) is 12.6 Å². The van der Waals surface area contributed by atoms with Crippen molar-refractivity contribution in [2.75, 3.05) is 0 Å². The minimum Gasteiger partial charge on any atom is -0.303 e. The third-order valence-electron chi connectivity index (χ3n) is 3.03. The summed E-state index contributed by atoms with van der Waals surface area (Å²) in [6.45, 7) is 2.22. The third-order valence-corrected chi connectivity index (χ3v) is 3.03. The van der Waals surface area contributed by atoms with Gasteiger partial charge in [-0.1, -0.05) is 51.9 Å². The topological polar surface area (TPSA) is 34.1 Å². The summed E-state index contributed by atoms with van der Waals surface area (Å²) in [5.74, 6) is 0.112. The molecule has 16 heavy (non-hydrogen) atoms. The second kappa shape index (κ2) is 12.4. The van der Waals surface area contributed by atoms with Crippen molar-refractivity contribution < 1.29 is 9.59 Å². The first-order chi connectivity index (χ1) is 7.85. The molecule has 0 rings (SSSR count). The van der Waals surface area contributed by atoms with E-state index in [1.165, 1.54) is 38.5 Å². The van der Waals surface area contributed by atoms with Gasteiger partial charge in [-0.25, -0.2) is 0 Å². The Morgan fingerprint density at radius 3 is 2.06 bits per heavy atom. The zero-order valence-electron chi connectivity index (χ0n) is 10.6. The van der Waals surface area contributed by atoms with Gasteiger partial charge in [0.25, 0.3) is 0 Å². The molecule has 1 atom stereocenters. The van der Waals surface area contributed by atoms with Crippen LogP contribution >= 0.6 is 0 Å². The first-order valence-electron chi connectivity index (χ1n) is 6.74. The van der Waals surface area contributed by atoms with Crippen molar-refractivity contribution in [3.05, 3.63) is 0 Å². The summed E-state index contributed by atoms with van der Waals surface area (Å²) in [6.07, 6.45) is 13.1. The van der Waals surface area contributed by atoms with Gasteiger partial charge in [0.05, 0.1) is 0 Å². The average Bonchev–Trinajstić information content (AvgIpc) is 2.32. The number of unbranched alkanes of at least 4 members (excludes halogenated alkanes) is 6. The normalized spacial score (nSPS) is 12.3. The van der Waals surface area contributed by atoms with Gasteiger partial charge >= 0.3 is 0 Å². The largest absolute Gasteiger partial charge is 0.303 e. The maximum atomic E-state index is 10.7. The van der Waals surface area contributed by atoms with Crippen molar-refractivity contribution in [2.24, 2.45) is 5.92 Å². The number of rotatable bonds is 12. The van der Waals surface area contributed by atoms with Crippen molar-refractivity contribution in [2.45, 2.75) is 71.1 Å². The lowest BCUT2D eigenvalue weighted by Gasteiger charge is -2.07. The second-order valence-corrected chi connectivity index (χ2v) is 4.55. The summed E-state index contributed by atoms with van der Waals surface area (Å²) >= 11 is 0. The fraction of sp³-hybridized carbons (Fsp3) is 0.857. The number of hydrogen-bond donors (Lipinski definition) is 0.